The lowest BCUT2D eigenvalue weighted by atomic mass is 10.0. The van der Waals surface area contributed by atoms with Crippen molar-refractivity contribution in [2.24, 2.45) is 0 Å². The highest BCUT2D eigenvalue weighted by Crippen LogP contribution is 2.21. The van der Waals surface area contributed by atoms with E-state index in [9.17, 15) is 9.59 Å². The van der Waals surface area contributed by atoms with Crippen LogP contribution in [-0.4, -0.2) is 39.6 Å². The fourth-order valence-corrected chi connectivity index (χ4v) is 3.50. The summed E-state index contributed by atoms with van der Waals surface area (Å²) in [4.78, 5) is 25.9. The number of pyridine rings is 1. The third-order valence-corrected chi connectivity index (χ3v) is 4.85. The highest BCUT2D eigenvalue weighted by atomic mass is 16.1. The van der Waals surface area contributed by atoms with Crippen LogP contribution in [0.25, 0.3) is 5.52 Å². The first kappa shape index (κ1) is 16.4. The summed E-state index contributed by atoms with van der Waals surface area (Å²) in [6.07, 6.45) is 6.95. The maximum atomic E-state index is 12.5. The number of hydrogen-bond acceptors (Lipinski definition) is 4. The molecule has 1 aliphatic rings. The number of H-pyrrole nitrogens is 1. The molecule has 1 unspecified atom stereocenters. The molecule has 134 valence electrons. The van der Waals surface area contributed by atoms with Gasteiger partial charge in [-0.15, -0.1) is 0 Å². The van der Waals surface area contributed by atoms with Gasteiger partial charge in [0, 0.05) is 43.1 Å². The van der Waals surface area contributed by atoms with Gasteiger partial charge < -0.3 is 14.6 Å². The van der Waals surface area contributed by atoms with Crippen LogP contribution in [0.2, 0.25) is 0 Å². The van der Waals surface area contributed by atoms with Crippen LogP contribution in [0.15, 0.2) is 53.6 Å². The smallest absolute Gasteiger partial charge is 0.264 e. The summed E-state index contributed by atoms with van der Waals surface area (Å²) >= 11 is 0. The molecule has 1 saturated heterocycles. The summed E-state index contributed by atoms with van der Waals surface area (Å²) in [5.74, 6) is 0.673. The molecule has 7 nitrogen and oxygen atoms in total. The highest BCUT2D eigenvalue weighted by Gasteiger charge is 2.24. The van der Waals surface area contributed by atoms with Gasteiger partial charge in [-0.2, -0.15) is 5.10 Å². The fraction of sp³-hybridized carbons (Fsp3) is 0.316. The predicted octanol–water partition coefficient (Wildman–Crippen LogP) is 1.81. The van der Waals surface area contributed by atoms with E-state index in [2.05, 4.69) is 20.4 Å². The molecule has 0 radical (unpaired) electrons. The molecular weight excluding hydrogens is 330 g/mol. The van der Waals surface area contributed by atoms with E-state index in [1.165, 1.54) is 6.07 Å². The Kier molecular flexibility index (Phi) is 4.43. The van der Waals surface area contributed by atoms with Gasteiger partial charge in [0.1, 0.15) is 5.82 Å². The highest BCUT2D eigenvalue weighted by molar-refractivity contribution is 5.95. The number of aromatic nitrogens is 3. The number of nitrogens with zero attached hydrogens (tertiary/aromatic N) is 3. The number of carbonyl (C=O) groups is 1. The molecule has 1 amide bonds. The number of nitrogens with one attached hydrogen (secondary N) is 2. The molecule has 0 saturated carbocycles. The second-order valence-corrected chi connectivity index (χ2v) is 6.59. The Morgan fingerprint density at radius 3 is 3.00 bits per heavy atom. The number of anilines is 1. The molecule has 0 aromatic carbocycles. The molecular formula is C19H21N5O2. The molecule has 1 atom stereocenters. The Hall–Kier alpha value is -3.09. The lowest BCUT2D eigenvalue weighted by molar-refractivity contribution is 0.0949. The summed E-state index contributed by atoms with van der Waals surface area (Å²) in [5.41, 5.74) is 1.44. The summed E-state index contributed by atoms with van der Waals surface area (Å²) in [5, 5.41) is 9.67. The van der Waals surface area contributed by atoms with Crippen molar-refractivity contribution in [3.63, 3.8) is 0 Å². The third kappa shape index (κ3) is 3.33. The second kappa shape index (κ2) is 7.03. The Bertz CT molecular complexity index is 924. The van der Waals surface area contributed by atoms with E-state index < -0.39 is 0 Å². The number of fused-ring (bicyclic) bond motifs is 1. The normalized spacial score (nSPS) is 17.4. The first-order valence-electron chi connectivity index (χ1n) is 8.88. The van der Waals surface area contributed by atoms with Crippen molar-refractivity contribution in [2.45, 2.75) is 25.3 Å². The van der Waals surface area contributed by atoms with E-state index >= 15 is 0 Å². The van der Waals surface area contributed by atoms with E-state index in [0.717, 1.165) is 37.1 Å². The minimum atomic E-state index is -0.212. The quantitative estimate of drug-likeness (QED) is 0.751. The second-order valence-electron chi connectivity index (χ2n) is 6.59. The number of hydrogen-bond donors (Lipinski definition) is 2. The van der Waals surface area contributed by atoms with Gasteiger partial charge >= 0.3 is 0 Å². The van der Waals surface area contributed by atoms with E-state index in [1.807, 2.05) is 41.1 Å². The van der Waals surface area contributed by atoms with Gasteiger partial charge in [0.05, 0.1) is 5.56 Å². The number of aromatic amines is 1. The standard InChI is InChI=1S/C19H21N5O2/c25-18-8-7-17(21-22-18)24-10-4-2-6-16(24)12-20-19(26)14-11-15-5-1-3-9-23(15)13-14/h1,3,5,7-9,11,13,16H,2,4,6,10,12H2,(H,20,26)(H,22,25). The van der Waals surface area contributed by atoms with E-state index in [4.69, 9.17) is 0 Å². The van der Waals surface area contributed by atoms with Crippen LogP contribution in [0.1, 0.15) is 29.6 Å². The van der Waals surface area contributed by atoms with Crippen LogP contribution in [-0.2, 0) is 0 Å². The van der Waals surface area contributed by atoms with Crippen molar-refractivity contribution in [1.82, 2.24) is 19.9 Å². The van der Waals surface area contributed by atoms with Gasteiger partial charge in [-0.25, -0.2) is 5.10 Å². The summed E-state index contributed by atoms with van der Waals surface area (Å²) in [7, 11) is 0. The molecule has 4 rings (SSSR count). The fourth-order valence-electron chi connectivity index (χ4n) is 3.50. The first-order valence-corrected chi connectivity index (χ1v) is 8.88. The lowest BCUT2D eigenvalue weighted by Crippen LogP contribution is -2.47. The zero-order valence-electron chi connectivity index (χ0n) is 14.4. The SMILES string of the molecule is O=C(NCC1CCCCN1c1ccc(=O)[nH]n1)c1cc2ccccn2c1. The molecule has 3 aromatic heterocycles. The minimum absolute atomic E-state index is 0.0753. The van der Waals surface area contributed by atoms with Gasteiger partial charge in [0.15, 0.2) is 0 Å². The van der Waals surface area contributed by atoms with Gasteiger partial charge in [-0.3, -0.25) is 9.59 Å². The van der Waals surface area contributed by atoms with Crippen molar-refractivity contribution >= 4 is 17.2 Å². The zero-order chi connectivity index (χ0) is 17.9. The summed E-state index contributed by atoms with van der Waals surface area (Å²) in [6.45, 7) is 1.42. The van der Waals surface area contributed by atoms with E-state index in [1.54, 1.807) is 6.07 Å². The van der Waals surface area contributed by atoms with Crippen molar-refractivity contribution in [3.05, 3.63) is 64.7 Å². The predicted molar refractivity (Wildman–Crippen MR) is 99.6 cm³/mol. The van der Waals surface area contributed by atoms with Crippen molar-refractivity contribution < 1.29 is 4.79 Å². The maximum Gasteiger partial charge on any atom is 0.264 e. The molecule has 7 heteroatoms. The lowest BCUT2D eigenvalue weighted by Gasteiger charge is -2.36. The Morgan fingerprint density at radius 2 is 2.19 bits per heavy atom. The first-order chi connectivity index (χ1) is 12.7. The topological polar surface area (TPSA) is 82.5 Å². The Morgan fingerprint density at radius 1 is 1.27 bits per heavy atom. The molecule has 0 aliphatic carbocycles. The van der Waals surface area contributed by atoms with Crippen LogP contribution in [0.5, 0.6) is 0 Å². The minimum Gasteiger partial charge on any atom is -0.350 e. The average Bonchev–Trinajstić information content (AvgIpc) is 3.11. The van der Waals surface area contributed by atoms with Crippen LogP contribution < -0.4 is 15.8 Å². The zero-order valence-corrected chi connectivity index (χ0v) is 14.4. The van der Waals surface area contributed by atoms with Crippen molar-refractivity contribution in [2.75, 3.05) is 18.0 Å². The third-order valence-electron chi connectivity index (χ3n) is 4.85. The van der Waals surface area contributed by atoms with E-state index in [0.29, 0.717) is 12.1 Å². The van der Waals surface area contributed by atoms with Crippen LogP contribution >= 0.6 is 0 Å². The molecule has 1 fully saturated rings. The monoisotopic (exact) mass is 351 g/mol. The van der Waals surface area contributed by atoms with Gasteiger partial charge in [0.2, 0.25) is 0 Å². The van der Waals surface area contributed by atoms with Crippen LogP contribution in [0, 0.1) is 0 Å². The van der Waals surface area contributed by atoms with Crippen LogP contribution in [0.3, 0.4) is 0 Å². The number of rotatable bonds is 4. The van der Waals surface area contributed by atoms with Crippen LogP contribution in [0.4, 0.5) is 5.82 Å². The molecule has 1 aliphatic heterocycles. The number of piperidine rings is 1. The van der Waals surface area contributed by atoms with Crippen molar-refractivity contribution in [3.8, 4) is 0 Å². The molecule has 4 heterocycles. The molecule has 0 bridgehead atoms. The number of carbonyl (C=O) groups excluding carboxylic acids is 1. The summed E-state index contributed by atoms with van der Waals surface area (Å²) in [6, 6.07) is 11.1. The molecule has 2 N–H and O–H groups in total. The van der Waals surface area contributed by atoms with E-state index in [-0.39, 0.29) is 17.5 Å². The largest absolute Gasteiger partial charge is 0.350 e. The Labute approximate surface area is 150 Å². The number of amides is 1. The molecule has 3 aromatic rings. The average molecular weight is 351 g/mol. The Balaban J connectivity index is 1.45. The summed E-state index contributed by atoms with van der Waals surface area (Å²) < 4.78 is 1.94. The maximum absolute atomic E-state index is 12.5. The van der Waals surface area contributed by atoms with Gasteiger partial charge in [-0.1, -0.05) is 6.07 Å². The molecule has 26 heavy (non-hydrogen) atoms. The van der Waals surface area contributed by atoms with Crippen molar-refractivity contribution in [1.29, 1.82) is 0 Å². The molecule has 0 spiro atoms. The van der Waals surface area contributed by atoms with Gasteiger partial charge in [0.25, 0.3) is 11.5 Å². The van der Waals surface area contributed by atoms with Gasteiger partial charge in [-0.05, 0) is 43.5 Å².